The zero-order valence-electron chi connectivity index (χ0n) is 22.7. The van der Waals surface area contributed by atoms with Gasteiger partial charge in [-0.15, -0.1) is 0 Å². The zero-order chi connectivity index (χ0) is 24.5. The summed E-state index contributed by atoms with van der Waals surface area (Å²) in [6.45, 7) is 9.32. The summed E-state index contributed by atoms with van der Waals surface area (Å²) in [5.74, 6) is 4.32. The van der Waals surface area contributed by atoms with E-state index in [9.17, 15) is 9.59 Å². The quantitative estimate of drug-likeness (QED) is 0.390. The average Bonchev–Trinajstić information content (AvgIpc) is 3.17. The Hall–Kier alpha value is -1.06. The fraction of sp³-hybridized carbons (Fsp3) is 0.933. The van der Waals surface area contributed by atoms with Gasteiger partial charge >= 0.3 is 5.97 Å². The van der Waals surface area contributed by atoms with Gasteiger partial charge in [0.1, 0.15) is 6.04 Å². The maximum Gasteiger partial charge on any atom is 0.328 e. The van der Waals surface area contributed by atoms with E-state index in [1.54, 1.807) is 0 Å². The molecule has 1 N–H and O–H groups in total. The fourth-order valence-electron chi connectivity index (χ4n) is 9.43. The van der Waals surface area contributed by atoms with Crippen LogP contribution in [0, 0.1) is 46.3 Å². The van der Waals surface area contributed by atoms with Crippen molar-refractivity contribution in [1.82, 2.24) is 5.32 Å². The van der Waals surface area contributed by atoms with Gasteiger partial charge in [-0.1, -0.05) is 47.0 Å². The molecule has 0 bridgehead atoms. The van der Waals surface area contributed by atoms with E-state index in [1.807, 2.05) is 13.8 Å². The summed E-state index contributed by atoms with van der Waals surface area (Å²) in [5.41, 5.74) is 1.09. The van der Waals surface area contributed by atoms with E-state index in [2.05, 4.69) is 19.2 Å². The second kappa shape index (κ2) is 10.5. The molecular formula is C30H51NO3. The summed E-state index contributed by atoms with van der Waals surface area (Å²) in [6.07, 6.45) is 17.9. The highest BCUT2D eigenvalue weighted by atomic mass is 16.5. The molecular weight excluding hydrogens is 422 g/mol. The number of methoxy groups -OCH3 is 1. The van der Waals surface area contributed by atoms with Crippen LogP contribution in [0.4, 0.5) is 0 Å². The van der Waals surface area contributed by atoms with Gasteiger partial charge in [0.2, 0.25) is 5.91 Å². The van der Waals surface area contributed by atoms with Gasteiger partial charge in [0.05, 0.1) is 7.11 Å². The largest absolute Gasteiger partial charge is 0.467 e. The van der Waals surface area contributed by atoms with Crippen LogP contribution in [0.5, 0.6) is 0 Å². The molecule has 0 saturated heterocycles. The normalized spacial score (nSPS) is 40.9. The van der Waals surface area contributed by atoms with Gasteiger partial charge in [0.25, 0.3) is 0 Å². The van der Waals surface area contributed by atoms with Crippen LogP contribution < -0.4 is 5.32 Å². The van der Waals surface area contributed by atoms with Crippen molar-refractivity contribution in [3.8, 4) is 0 Å². The highest BCUT2D eigenvalue weighted by Gasteiger charge is 2.59. The molecule has 4 heteroatoms. The molecule has 0 spiro atoms. The molecule has 0 aromatic carbocycles. The number of hydrogen-bond donors (Lipinski definition) is 1. The van der Waals surface area contributed by atoms with Crippen LogP contribution in [0.15, 0.2) is 0 Å². The Kier molecular flexibility index (Phi) is 8.04. The second-order valence-electron chi connectivity index (χ2n) is 13.1. The van der Waals surface area contributed by atoms with Gasteiger partial charge in [-0.05, 0) is 111 Å². The predicted octanol–water partition coefficient (Wildman–Crippen LogP) is 6.91. The van der Waals surface area contributed by atoms with Crippen molar-refractivity contribution in [2.24, 2.45) is 46.3 Å². The summed E-state index contributed by atoms with van der Waals surface area (Å²) < 4.78 is 4.92. The number of nitrogens with one attached hydrogen (secondary N) is 1. The van der Waals surface area contributed by atoms with Crippen LogP contribution in [0.25, 0.3) is 0 Å². The molecule has 9 unspecified atom stereocenters. The lowest BCUT2D eigenvalue weighted by molar-refractivity contribution is -0.146. The lowest BCUT2D eigenvalue weighted by Gasteiger charge is -2.60. The lowest BCUT2D eigenvalue weighted by Crippen LogP contribution is -2.52. The van der Waals surface area contributed by atoms with Gasteiger partial charge in [0, 0.05) is 6.42 Å². The molecule has 0 heterocycles. The minimum atomic E-state index is -0.526. The molecule has 9 atom stereocenters. The van der Waals surface area contributed by atoms with Crippen molar-refractivity contribution in [2.45, 2.75) is 124 Å². The number of ether oxygens (including phenoxy) is 1. The summed E-state index contributed by atoms with van der Waals surface area (Å²) in [7, 11) is 1.40. The van der Waals surface area contributed by atoms with E-state index in [0.717, 1.165) is 48.9 Å². The van der Waals surface area contributed by atoms with Gasteiger partial charge in [-0.25, -0.2) is 4.79 Å². The van der Waals surface area contributed by atoms with Crippen molar-refractivity contribution in [3.05, 3.63) is 0 Å². The Labute approximate surface area is 208 Å². The van der Waals surface area contributed by atoms with Crippen molar-refractivity contribution in [2.75, 3.05) is 7.11 Å². The number of rotatable bonds is 8. The molecule has 0 aromatic rings. The minimum Gasteiger partial charge on any atom is -0.467 e. The Bertz CT molecular complexity index is 737. The zero-order valence-corrected chi connectivity index (χ0v) is 22.7. The van der Waals surface area contributed by atoms with Gasteiger partial charge in [0.15, 0.2) is 0 Å². The highest BCUT2D eigenvalue weighted by molar-refractivity contribution is 5.84. The van der Waals surface area contributed by atoms with Gasteiger partial charge < -0.3 is 10.1 Å². The summed E-state index contributed by atoms with van der Waals surface area (Å²) in [5, 5.41) is 2.96. The Morgan fingerprint density at radius 2 is 1.74 bits per heavy atom. The summed E-state index contributed by atoms with van der Waals surface area (Å²) in [6, 6.07) is -0.526. The third kappa shape index (κ3) is 4.69. The van der Waals surface area contributed by atoms with E-state index >= 15 is 0 Å². The Balaban J connectivity index is 1.32. The molecule has 1 amide bonds. The van der Waals surface area contributed by atoms with Gasteiger partial charge in [-0.3, -0.25) is 4.79 Å². The van der Waals surface area contributed by atoms with Crippen molar-refractivity contribution < 1.29 is 14.3 Å². The molecule has 0 radical (unpaired) electrons. The topological polar surface area (TPSA) is 55.4 Å². The summed E-state index contributed by atoms with van der Waals surface area (Å²) >= 11 is 0. The third-order valence-corrected chi connectivity index (χ3v) is 11.7. The SMILES string of the molecule is CCC(C)C(NC(=O)CCCC1CCC2C3CCC4CCCCC4(C)C3CCC12C)C(=O)OC. The third-order valence-electron chi connectivity index (χ3n) is 11.7. The van der Waals surface area contributed by atoms with Crippen LogP contribution in [-0.2, 0) is 14.3 Å². The first-order valence-electron chi connectivity index (χ1n) is 14.6. The number of esters is 1. The second-order valence-corrected chi connectivity index (χ2v) is 13.1. The smallest absolute Gasteiger partial charge is 0.328 e. The molecule has 4 aliphatic carbocycles. The fourth-order valence-corrected chi connectivity index (χ4v) is 9.43. The van der Waals surface area contributed by atoms with Crippen molar-refractivity contribution >= 4 is 11.9 Å². The van der Waals surface area contributed by atoms with E-state index in [-0.39, 0.29) is 17.8 Å². The Morgan fingerprint density at radius 1 is 0.971 bits per heavy atom. The molecule has 34 heavy (non-hydrogen) atoms. The number of hydrogen-bond acceptors (Lipinski definition) is 3. The van der Waals surface area contributed by atoms with Crippen molar-refractivity contribution in [3.63, 3.8) is 0 Å². The average molecular weight is 474 g/mol. The van der Waals surface area contributed by atoms with E-state index in [0.29, 0.717) is 17.3 Å². The van der Waals surface area contributed by atoms with Crippen LogP contribution in [0.3, 0.4) is 0 Å². The number of fused-ring (bicyclic) bond motifs is 5. The van der Waals surface area contributed by atoms with Gasteiger partial charge in [-0.2, -0.15) is 0 Å². The first kappa shape index (κ1) is 26.0. The Morgan fingerprint density at radius 3 is 2.47 bits per heavy atom. The molecule has 4 aliphatic rings. The molecule has 4 saturated carbocycles. The molecule has 0 aromatic heterocycles. The number of amides is 1. The predicted molar refractivity (Wildman–Crippen MR) is 137 cm³/mol. The molecule has 4 rings (SSSR count). The van der Waals surface area contributed by atoms with Crippen LogP contribution in [0.1, 0.15) is 118 Å². The first-order valence-corrected chi connectivity index (χ1v) is 14.6. The van der Waals surface area contributed by atoms with E-state index in [1.165, 1.54) is 71.3 Å². The first-order chi connectivity index (χ1) is 16.2. The van der Waals surface area contributed by atoms with E-state index < -0.39 is 6.04 Å². The lowest BCUT2D eigenvalue weighted by atomic mass is 9.45. The maximum atomic E-state index is 12.7. The maximum absolute atomic E-state index is 12.7. The van der Waals surface area contributed by atoms with Crippen LogP contribution >= 0.6 is 0 Å². The van der Waals surface area contributed by atoms with Crippen molar-refractivity contribution in [1.29, 1.82) is 0 Å². The molecule has 4 fully saturated rings. The van der Waals surface area contributed by atoms with E-state index in [4.69, 9.17) is 4.74 Å². The molecule has 4 nitrogen and oxygen atoms in total. The van der Waals surface area contributed by atoms with Crippen LogP contribution in [0.2, 0.25) is 0 Å². The highest BCUT2D eigenvalue weighted by Crippen LogP contribution is 2.67. The number of carbonyl (C=O) groups is 2. The van der Waals surface area contributed by atoms with Crippen LogP contribution in [-0.4, -0.2) is 25.0 Å². The standard InChI is InChI=1S/C30H51NO3/c1-6-20(2)27(28(33)34-5)31-26(32)12-9-11-22-14-16-24-23-15-13-21-10-7-8-18-29(21,3)25(23)17-19-30(22,24)4/h20-25,27H,6-19H2,1-5H3,(H,31,32). The molecule has 0 aliphatic heterocycles. The minimum absolute atomic E-state index is 0.00246. The monoisotopic (exact) mass is 473 g/mol. The summed E-state index contributed by atoms with van der Waals surface area (Å²) in [4.78, 5) is 24.8. The molecule has 194 valence electrons. The number of carbonyl (C=O) groups excluding carboxylic acids is 2.